The zero-order chi connectivity index (χ0) is 11.7. The van der Waals surface area contributed by atoms with Gasteiger partial charge in [-0.2, -0.15) is 5.10 Å². The van der Waals surface area contributed by atoms with E-state index in [0.29, 0.717) is 6.42 Å². The van der Waals surface area contributed by atoms with Crippen LogP contribution in [0, 0.1) is 0 Å². The predicted molar refractivity (Wildman–Crippen MR) is 70.6 cm³/mol. The van der Waals surface area contributed by atoms with Crippen molar-refractivity contribution in [1.82, 2.24) is 15.2 Å². The number of benzene rings is 1. The van der Waals surface area contributed by atoms with Crippen molar-refractivity contribution in [2.75, 3.05) is 0 Å². The summed E-state index contributed by atoms with van der Waals surface area (Å²) in [6, 6.07) is 8.12. The molecule has 5 heteroatoms. The first-order chi connectivity index (χ1) is 8.28. The molecule has 0 aliphatic heterocycles. The maximum Gasteiger partial charge on any atom is 0.137 e. The number of hydrogen-bond donors (Lipinski definition) is 2. The summed E-state index contributed by atoms with van der Waals surface area (Å²) in [6.07, 6.45) is 4.83. The molecular weight excluding hydrogens is 250 g/mol. The fourth-order valence-corrected chi connectivity index (χ4v) is 2.67. The van der Waals surface area contributed by atoms with Crippen LogP contribution in [0.5, 0.6) is 0 Å². The van der Waals surface area contributed by atoms with E-state index < -0.39 is 5.60 Å². The van der Waals surface area contributed by atoms with Crippen LogP contribution in [0.1, 0.15) is 29.8 Å². The first-order valence-corrected chi connectivity index (χ1v) is 5.93. The first-order valence-electron chi connectivity index (χ1n) is 5.93. The average molecular weight is 266 g/mol. The molecule has 18 heavy (non-hydrogen) atoms. The molecule has 1 unspecified atom stereocenters. The highest BCUT2D eigenvalue weighted by Crippen LogP contribution is 2.37. The third kappa shape index (κ3) is 2.26. The molecule has 0 bridgehead atoms. The highest BCUT2D eigenvalue weighted by Gasteiger charge is 2.34. The molecule has 4 nitrogen and oxygen atoms in total. The number of aromatic nitrogens is 3. The molecule has 0 radical (unpaired) electrons. The summed E-state index contributed by atoms with van der Waals surface area (Å²) >= 11 is 0. The zero-order valence-corrected chi connectivity index (χ0v) is 10.8. The Kier molecular flexibility index (Phi) is 3.68. The van der Waals surface area contributed by atoms with Gasteiger partial charge in [-0.25, -0.2) is 4.98 Å². The largest absolute Gasteiger partial charge is 0.385 e. The molecule has 1 atom stereocenters. The molecule has 0 saturated heterocycles. The van der Waals surface area contributed by atoms with Crippen molar-refractivity contribution in [1.29, 1.82) is 0 Å². The second kappa shape index (κ2) is 5.08. The van der Waals surface area contributed by atoms with Gasteiger partial charge in [0.1, 0.15) is 12.2 Å². The third-order valence-corrected chi connectivity index (χ3v) is 3.48. The van der Waals surface area contributed by atoms with Crippen molar-refractivity contribution in [3.63, 3.8) is 0 Å². The zero-order valence-electron chi connectivity index (χ0n) is 9.97. The molecular formula is C13H16ClN3O. The van der Waals surface area contributed by atoms with Crippen molar-refractivity contribution < 1.29 is 5.11 Å². The monoisotopic (exact) mass is 265 g/mol. The van der Waals surface area contributed by atoms with Gasteiger partial charge in [-0.05, 0) is 30.4 Å². The van der Waals surface area contributed by atoms with Crippen molar-refractivity contribution in [2.45, 2.75) is 31.3 Å². The summed E-state index contributed by atoms with van der Waals surface area (Å²) < 4.78 is 0. The minimum atomic E-state index is -0.797. The smallest absolute Gasteiger partial charge is 0.137 e. The molecule has 3 rings (SSSR count). The van der Waals surface area contributed by atoms with E-state index in [2.05, 4.69) is 21.2 Å². The standard InChI is InChI=1S/C13H15N3O.ClH/c17-13(8-12-14-9-15-16-12)7-3-5-10-4-1-2-6-11(10)13;/h1-2,4,6,9,17H,3,5,7-8H2,(H,14,15,16);1H. The Morgan fingerprint density at radius 2 is 2.17 bits per heavy atom. The summed E-state index contributed by atoms with van der Waals surface area (Å²) in [5.74, 6) is 0.740. The van der Waals surface area contributed by atoms with Gasteiger partial charge in [0.2, 0.25) is 0 Å². The fraction of sp³-hybridized carbons (Fsp3) is 0.385. The fourth-order valence-electron chi connectivity index (χ4n) is 2.67. The Hall–Kier alpha value is -1.39. The molecule has 0 saturated carbocycles. The van der Waals surface area contributed by atoms with Gasteiger partial charge < -0.3 is 5.11 Å². The van der Waals surface area contributed by atoms with Crippen LogP contribution in [0.2, 0.25) is 0 Å². The van der Waals surface area contributed by atoms with E-state index in [1.165, 1.54) is 11.9 Å². The summed E-state index contributed by atoms with van der Waals surface area (Å²) in [5, 5.41) is 17.5. The molecule has 96 valence electrons. The lowest BCUT2D eigenvalue weighted by Crippen LogP contribution is -2.33. The molecule has 2 aromatic rings. The molecule has 0 fully saturated rings. The predicted octanol–water partition coefficient (Wildman–Crippen LogP) is 1.99. The number of nitrogens with zero attached hydrogens (tertiary/aromatic N) is 2. The topological polar surface area (TPSA) is 61.8 Å². The average Bonchev–Trinajstić information content (AvgIpc) is 2.82. The van der Waals surface area contributed by atoms with Gasteiger partial charge in [-0.15, -0.1) is 12.4 Å². The Labute approximate surface area is 112 Å². The molecule has 0 spiro atoms. The number of aromatic amines is 1. The molecule has 1 aliphatic rings. The lowest BCUT2D eigenvalue weighted by Gasteiger charge is -2.33. The van der Waals surface area contributed by atoms with E-state index in [4.69, 9.17) is 0 Å². The second-order valence-corrected chi connectivity index (χ2v) is 4.65. The Balaban J connectivity index is 0.00000120. The van der Waals surface area contributed by atoms with Crippen LogP contribution in [0.25, 0.3) is 0 Å². The van der Waals surface area contributed by atoms with Crippen LogP contribution in [-0.2, 0) is 18.4 Å². The van der Waals surface area contributed by atoms with Gasteiger partial charge in [0.25, 0.3) is 0 Å². The molecule has 1 heterocycles. The van der Waals surface area contributed by atoms with Crippen molar-refractivity contribution in [3.05, 3.63) is 47.5 Å². The van der Waals surface area contributed by atoms with Crippen molar-refractivity contribution in [2.24, 2.45) is 0 Å². The molecule has 1 aliphatic carbocycles. The van der Waals surface area contributed by atoms with Crippen LogP contribution < -0.4 is 0 Å². The van der Waals surface area contributed by atoms with Crippen LogP contribution in [0.4, 0.5) is 0 Å². The maximum atomic E-state index is 10.8. The lowest BCUT2D eigenvalue weighted by molar-refractivity contribution is 0.0172. The van der Waals surface area contributed by atoms with E-state index in [-0.39, 0.29) is 12.4 Å². The first kappa shape index (κ1) is 13.1. The number of H-pyrrole nitrogens is 1. The number of rotatable bonds is 2. The lowest BCUT2D eigenvalue weighted by atomic mass is 9.77. The molecule has 2 N–H and O–H groups in total. The highest BCUT2D eigenvalue weighted by atomic mass is 35.5. The van der Waals surface area contributed by atoms with Gasteiger partial charge in [0.05, 0.1) is 5.60 Å². The van der Waals surface area contributed by atoms with Gasteiger partial charge in [0, 0.05) is 6.42 Å². The Morgan fingerprint density at radius 3 is 2.94 bits per heavy atom. The Morgan fingerprint density at radius 1 is 1.33 bits per heavy atom. The van der Waals surface area contributed by atoms with E-state index in [1.54, 1.807) is 0 Å². The number of hydrogen-bond acceptors (Lipinski definition) is 3. The van der Waals surface area contributed by atoms with Crippen LogP contribution >= 0.6 is 12.4 Å². The van der Waals surface area contributed by atoms with E-state index >= 15 is 0 Å². The molecule has 1 aromatic heterocycles. The number of halogens is 1. The summed E-state index contributed by atoms with van der Waals surface area (Å²) in [4.78, 5) is 4.10. The summed E-state index contributed by atoms with van der Waals surface area (Å²) in [7, 11) is 0. The van der Waals surface area contributed by atoms with Crippen LogP contribution in [0.3, 0.4) is 0 Å². The summed E-state index contributed by atoms with van der Waals surface area (Å²) in [6.45, 7) is 0. The Bertz CT molecular complexity index is 515. The maximum absolute atomic E-state index is 10.8. The van der Waals surface area contributed by atoms with Crippen LogP contribution in [-0.4, -0.2) is 20.3 Å². The van der Waals surface area contributed by atoms with Crippen LogP contribution in [0.15, 0.2) is 30.6 Å². The number of nitrogens with one attached hydrogen (secondary N) is 1. The number of fused-ring (bicyclic) bond motifs is 1. The minimum Gasteiger partial charge on any atom is -0.385 e. The van der Waals surface area contributed by atoms with Crippen molar-refractivity contribution >= 4 is 12.4 Å². The second-order valence-electron chi connectivity index (χ2n) is 4.65. The van der Waals surface area contributed by atoms with Gasteiger partial charge in [0.15, 0.2) is 0 Å². The van der Waals surface area contributed by atoms with E-state index in [1.807, 2.05) is 18.2 Å². The molecule has 0 amide bonds. The summed E-state index contributed by atoms with van der Waals surface area (Å²) in [5.41, 5.74) is 1.50. The normalized spacial score (nSPS) is 22.1. The highest BCUT2D eigenvalue weighted by molar-refractivity contribution is 5.85. The molecule has 1 aromatic carbocycles. The number of aryl methyl sites for hydroxylation is 1. The number of aliphatic hydroxyl groups is 1. The van der Waals surface area contributed by atoms with Gasteiger partial charge in [-0.1, -0.05) is 24.3 Å². The third-order valence-electron chi connectivity index (χ3n) is 3.48. The van der Waals surface area contributed by atoms with E-state index in [0.717, 1.165) is 30.7 Å². The quantitative estimate of drug-likeness (QED) is 0.873. The SMILES string of the molecule is Cl.OC1(Cc2ncn[nH]2)CCCc2ccccc21. The van der Waals surface area contributed by atoms with Crippen molar-refractivity contribution in [3.8, 4) is 0 Å². The van der Waals surface area contributed by atoms with E-state index in [9.17, 15) is 5.11 Å². The van der Waals surface area contributed by atoms with Gasteiger partial charge >= 0.3 is 0 Å². The van der Waals surface area contributed by atoms with Gasteiger partial charge in [-0.3, -0.25) is 5.10 Å². The minimum absolute atomic E-state index is 0.